The summed E-state index contributed by atoms with van der Waals surface area (Å²) in [6.45, 7) is 0. The molecule has 1 aromatic rings. The Morgan fingerprint density at radius 1 is 1.08 bits per heavy atom. The lowest BCUT2D eigenvalue weighted by Crippen LogP contribution is -2.17. The second-order valence-electron chi connectivity index (χ2n) is 2.40. The zero-order valence-electron chi connectivity index (χ0n) is 6.28. The van der Waals surface area contributed by atoms with Gasteiger partial charge in [0.1, 0.15) is 3.23 Å². The van der Waals surface area contributed by atoms with Gasteiger partial charge in [-0.15, -0.1) is 0 Å². The quantitative estimate of drug-likeness (QED) is 0.470. The number of halogens is 5. The summed E-state index contributed by atoms with van der Waals surface area (Å²) in [5.74, 6) is 0. The van der Waals surface area contributed by atoms with Crippen LogP contribution in [0.25, 0.3) is 0 Å². The zero-order chi connectivity index (χ0) is 10.1. The summed E-state index contributed by atoms with van der Waals surface area (Å²) >= 11 is 17.6. The van der Waals surface area contributed by atoms with E-state index in [0.29, 0.717) is 0 Å². The summed E-state index contributed by atoms with van der Waals surface area (Å²) < 4.78 is 0.860. The maximum Gasteiger partial charge on any atom is 0.128 e. The van der Waals surface area contributed by atoms with Crippen LogP contribution in [0.3, 0.4) is 0 Å². The average Bonchev–Trinajstić information content (AvgIpc) is 2.04. The van der Waals surface area contributed by atoms with Gasteiger partial charge in [0.15, 0.2) is 0 Å². The van der Waals surface area contributed by atoms with Gasteiger partial charge in [-0.2, -0.15) is 0 Å². The van der Waals surface area contributed by atoms with E-state index in [9.17, 15) is 0 Å². The average molecular weight is 501 g/mol. The minimum absolute atomic E-state index is 0.103. The Morgan fingerprint density at radius 2 is 1.62 bits per heavy atom. The molecule has 0 fully saturated rings. The highest BCUT2D eigenvalue weighted by Gasteiger charge is 2.33. The molecule has 1 rings (SSSR count). The van der Waals surface area contributed by atoms with Gasteiger partial charge < -0.3 is 0 Å². The Bertz CT molecular complexity index is 294. The van der Waals surface area contributed by atoms with E-state index in [1.54, 1.807) is 0 Å². The van der Waals surface area contributed by atoms with E-state index in [1.165, 1.54) is 0 Å². The summed E-state index contributed by atoms with van der Waals surface area (Å²) in [5, 5.41) is 0. The van der Waals surface area contributed by atoms with Gasteiger partial charge in [-0.25, -0.2) is 0 Å². The van der Waals surface area contributed by atoms with Crippen molar-refractivity contribution in [1.29, 1.82) is 0 Å². The molecule has 0 unspecified atom stereocenters. The van der Waals surface area contributed by atoms with Gasteiger partial charge in [0, 0.05) is 4.47 Å². The molecule has 0 atom stereocenters. The van der Waals surface area contributed by atoms with Gasteiger partial charge in [-0.1, -0.05) is 97.8 Å². The highest BCUT2D eigenvalue weighted by Crippen LogP contribution is 2.49. The number of hydrogen-bond donors (Lipinski definition) is 0. The van der Waals surface area contributed by atoms with Crippen molar-refractivity contribution in [1.82, 2.24) is 0 Å². The minimum atomic E-state index is -0.305. The molecule has 0 aliphatic rings. The maximum atomic E-state index is 3.60. The summed E-state index contributed by atoms with van der Waals surface area (Å²) in [6, 6.07) is 8.04. The van der Waals surface area contributed by atoms with Crippen LogP contribution < -0.4 is 0 Å². The van der Waals surface area contributed by atoms with Gasteiger partial charge >= 0.3 is 0 Å². The molecule has 0 spiro atoms. The lowest BCUT2D eigenvalue weighted by molar-refractivity contribution is 1.04. The predicted octanol–water partition coefficient (Wildman–Crippen LogP) is 5.51. The highest BCUT2D eigenvalue weighted by molar-refractivity contribution is 9.29. The molecule has 0 aliphatic carbocycles. The van der Waals surface area contributed by atoms with Crippen LogP contribution in [0.5, 0.6) is 0 Å². The molecule has 5 heteroatoms. The fourth-order valence-corrected chi connectivity index (χ4v) is 3.16. The molecule has 0 amide bonds. The van der Waals surface area contributed by atoms with Crippen molar-refractivity contribution < 1.29 is 0 Å². The van der Waals surface area contributed by atoms with E-state index in [-0.39, 0.29) is 6.97 Å². The summed E-state index contributed by atoms with van der Waals surface area (Å²) in [5.41, 5.74) is 1.13. The van der Waals surface area contributed by atoms with Gasteiger partial charge in [0.2, 0.25) is 0 Å². The smallest absolute Gasteiger partial charge is 0.0736 e. The predicted molar refractivity (Wildman–Crippen MR) is 75.3 cm³/mol. The lowest BCUT2D eigenvalue weighted by Gasteiger charge is -2.23. The minimum Gasteiger partial charge on any atom is -0.0736 e. The first-order valence-corrected chi connectivity index (χ1v) is 7.58. The SMILES string of the molecule is Brc1ccccc1C(Br)(Br)C(Br)Br. The summed E-state index contributed by atoms with van der Waals surface area (Å²) in [7, 11) is 0. The first-order valence-electron chi connectivity index (χ1n) is 3.37. The normalized spacial score (nSPS) is 12.2. The number of benzene rings is 1. The topological polar surface area (TPSA) is 0 Å². The van der Waals surface area contributed by atoms with Crippen molar-refractivity contribution in [2.75, 3.05) is 0 Å². The summed E-state index contributed by atoms with van der Waals surface area (Å²) in [6.07, 6.45) is 0. The second-order valence-corrected chi connectivity index (χ2v) is 9.88. The van der Waals surface area contributed by atoms with Crippen molar-refractivity contribution in [2.24, 2.45) is 0 Å². The first kappa shape index (κ1) is 12.7. The molecule has 0 aliphatic heterocycles. The van der Waals surface area contributed by atoms with E-state index in [2.05, 4.69) is 79.6 Å². The van der Waals surface area contributed by atoms with Gasteiger partial charge in [-0.05, 0) is 11.6 Å². The number of alkyl halides is 4. The van der Waals surface area contributed by atoms with Crippen LogP contribution in [0.1, 0.15) is 5.56 Å². The van der Waals surface area contributed by atoms with Gasteiger partial charge in [0.25, 0.3) is 0 Å². The molecule has 0 N–H and O–H groups in total. The van der Waals surface area contributed by atoms with Crippen LogP contribution in [-0.2, 0) is 3.23 Å². The van der Waals surface area contributed by atoms with Crippen molar-refractivity contribution in [3.63, 3.8) is 0 Å². The molecule has 0 nitrogen and oxygen atoms in total. The zero-order valence-corrected chi connectivity index (χ0v) is 14.2. The molecular weight excluding hydrogens is 496 g/mol. The van der Waals surface area contributed by atoms with Crippen LogP contribution in [0.15, 0.2) is 28.7 Å². The summed E-state index contributed by atoms with van der Waals surface area (Å²) in [4.78, 5) is 0. The van der Waals surface area contributed by atoms with Crippen LogP contribution >= 0.6 is 79.6 Å². The Kier molecular flexibility index (Phi) is 4.98. The Morgan fingerprint density at radius 3 is 2.08 bits per heavy atom. The van der Waals surface area contributed by atoms with Crippen LogP contribution in [0.2, 0.25) is 0 Å². The molecule has 0 radical (unpaired) electrons. The van der Waals surface area contributed by atoms with Gasteiger partial charge in [-0.3, -0.25) is 0 Å². The first-order chi connectivity index (χ1) is 5.96. The third-order valence-electron chi connectivity index (χ3n) is 1.51. The lowest BCUT2D eigenvalue weighted by atomic mass is 10.2. The second kappa shape index (κ2) is 5.10. The van der Waals surface area contributed by atoms with Crippen molar-refractivity contribution in [3.05, 3.63) is 34.3 Å². The largest absolute Gasteiger partial charge is 0.128 e. The van der Waals surface area contributed by atoms with E-state index in [1.807, 2.05) is 24.3 Å². The Hall–Kier alpha value is 1.62. The molecule has 0 bridgehead atoms. The van der Waals surface area contributed by atoms with Crippen LogP contribution in [-0.4, -0.2) is 3.74 Å². The Balaban J connectivity index is 3.14. The van der Waals surface area contributed by atoms with Crippen LogP contribution in [0.4, 0.5) is 0 Å². The van der Waals surface area contributed by atoms with Crippen LogP contribution in [0, 0.1) is 0 Å². The molecule has 0 saturated heterocycles. The van der Waals surface area contributed by atoms with E-state index >= 15 is 0 Å². The maximum absolute atomic E-state index is 3.60. The third kappa shape index (κ3) is 3.03. The monoisotopic (exact) mass is 496 g/mol. The fourth-order valence-electron chi connectivity index (χ4n) is 0.849. The molecule has 1 aromatic carbocycles. The van der Waals surface area contributed by atoms with E-state index < -0.39 is 0 Å². The standard InChI is InChI=1S/C8H5Br5/c9-6-4-2-1-3-5(6)8(12,13)7(10)11/h1-4,7H. The molecule has 0 saturated carbocycles. The molecule has 13 heavy (non-hydrogen) atoms. The number of rotatable bonds is 2. The van der Waals surface area contributed by atoms with Crippen molar-refractivity contribution >= 4 is 79.6 Å². The van der Waals surface area contributed by atoms with Crippen molar-refractivity contribution in [2.45, 2.75) is 6.97 Å². The third-order valence-corrected chi connectivity index (χ3v) is 7.80. The molecule has 0 aromatic heterocycles. The Labute approximate surface area is 119 Å². The molecular formula is C8H5Br5. The van der Waals surface area contributed by atoms with Crippen molar-refractivity contribution in [3.8, 4) is 0 Å². The van der Waals surface area contributed by atoms with Gasteiger partial charge in [0.05, 0.1) is 3.74 Å². The highest BCUT2D eigenvalue weighted by atomic mass is 79.9. The number of hydrogen-bond acceptors (Lipinski definition) is 0. The molecule has 0 heterocycles. The molecule has 72 valence electrons. The fraction of sp³-hybridized carbons (Fsp3) is 0.250. The van der Waals surface area contributed by atoms with E-state index in [4.69, 9.17) is 0 Å². The van der Waals surface area contributed by atoms with E-state index in [0.717, 1.165) is 10.0 Å².